The van der Waals surface area contributed by atoms with Crippen LogP contribution in [0.3, 0.4) is 0 Å². The van der Waals surface area contributed by atoms with Crippen LogP contribution in [-0.4, -0.2) is 0 Å². The number of rotatable bonds is 1. The van der Waals surface area contributed by atoms with E-state index in [2.05, 4.69) is 12.2 Å². The average molecular weight is 346 g/mol. The molecule has 0 spiro atoms. The van der Waals surface area contributed by atoms with Crippen LogP contribution in [0, 0.1) is 43.3 Å². The molecule has 0 radical (unpaired) electrons. The molecule has 0 bridgehead atoms. The second kappa shape index (κ2) is 6.65. The van der Waals surface area contributed by atoms with E-state index in [1.165, 1.54) is 11.1 Å². The molecule has 0 N–H and O–H groups in total. The van der Waals surface area contributed by atoms with E-state index in [0.717, 1.165) is 0 Å². The van der Waals surface area contributed by atoms with Crippen LogP contribution in [0.2, 0.25) is 0 Å². The van der Waals surface area contributed by atoms with Crippen LogP contribution in [0.5, 0.6) is 0 Å². The molecule has 0 rings (SSSR count). The average Bonchev–Trinajstić information content (AvgIpc) is 1.84. The smallest absolute Gasteiger partial charge is 0.376 e. The van der Waals surface area contributed by atoms with Crippen molar-refractivity contribution in [1.82, 2.24) is 0 Å². The van der Waals surface area contributed by atoms with Crippen molar-refractivity contribution in [3.63, 3.8) is 0 Å². The fourth-order valence-corrected chi connectivity index (χ4v) is 0.375. The summed E-state index contributed by atoms with van der Waals surface area (Å²) in [5.74, 6) is 0. The standard InChI is InChI=1S/C8H12.U/c1-5-7(3)8(4)6-2;/h1-4H3;/q-2;+2. The maximum absolute atomic E-state index is 3.03. The number of hydrogen-bond donors (Lipinski definition) is 0. The molecule has 0 aliphatic rings. The van der Waals surface area contributed by atoms with Gasteiger partial charge in [0.1, 0.15) is 0 Å². The molecule has 0 unspecified atom stereocenters. The quantitative estimate of drug-likeness (QED) is 0.506. The second-order valence-corrected chi connectivity index (χ2v) is 1.75. The molecule has 9 heavy (non-hydrogen) atoms. The zero-order chi connectivity index (χ0) is 6.57. The molecule has 0 aliphatic heterocycles. The van der Waals surface area contributed by atoms with Crippen LogP contribution < -0.4 is 0 Å². The van der Waals surface area contributed by atoms with Gasteiger partial charge < -0.3 is 23.3 Å². The van der Waals surface area contributed by atoms with Crippen molar-refractivity contribution < 1.29 is 31.1 Å². The Morgan fingerprint density at radius 2 is 1.11 bits per heavy atom. The molecule has 0 heterocycles. The van der Waals surface area contributed by atoms with E-state index in [0.29, 0.717) is 0 Å². The molecule has 0 saturated heterocycles. The van der Waals surface area contributed by atoms with Gasteiger partial charge in [-0.3, -0.25) is 0 Å². The van der Waals surface area contributed by atoms with Crippen molar-refractivity contribution in [2.45, 2.75) is 27.7 Å². The normalized spacial score (nSPS) is 12.9. The Kier molecular flexibility index (Phi) is 9.04. The molecular formula is C8H12U. The van der Waals surface area contributed by atoms with Crippen molar-refractivity contribution in [2.75, 3.05) is 0 Å². The third-order valence-electron chi connectivity index (χ3n) is 1.31. The fraction of sp³-hybridized carbons (Fsp3) is 0.500. The predicted octanol–water partition coefficient (Wildman–Crippen LogP) is 2.53. The molecule has 0 aliphatic carbocycles. The molecule has 1 heteroatoms. The summed E-state index contributed by atoms with van der Waals surface area (Å²) in [6.45, 7) is 7.89. The Morgan fingerprint density at radius 3 is 1.22 bits per heavy atom. The largest absolute Gasteiger partial charge is 2.00 e. The second-order valence-electron chi connectivity index (χ2n) is 1.75. The minimum Gasteiger partial charge on any atom is -0.376 e. The SMILES string of the molecule is C[C-]=C(C)C(C)=[C-]C.[U+2]. The van der Waals surface area contributed by atoms with Gasteiger partial charge in [-0.15, -0.1) is 27.7 Å². The van der Waals surface area contributed by atoms with Gasteiger partial charge in [0.05, 0.1) is 0 Å². The topological polar surface area (TPSA) is 0 Å². The van der Waals surface area contributed by atoms with Crippen LogP contribution in [0.25, 0.3) is 0 Å². The van der Waals surface area contributed by atoms with Crippen molar-refractivity contribution in [3.8, 4) is 0 Å². The monoisotopic (exact) mass is 346 g/mol. The van der Waals surface area contributed by atoms with Crippen LogP contribution in [0.4, 0.5) is 0 Å². The van der Waals surface area contributed by atoms with Crippen LogP contribution in [-0.2, 0) is 0 Å². The molecule has 0 fully saturated rings. The molecular weight excluding hydrogens is 334 g/mol. The summed E-state index contributed by atoms with van der Waals surface area (Å²) in [5.41, 5.74) is 2.38. The first kappa shape index (κ1) is 12.2. The van der Waals surface area contributed by atoms with Gasteiger partial charge in [0.15, 0.2) is 0 Å². The van der Waals surface area contributed by atoms with E-state index < -0.39 is 0 Å². The summed E-state index contributed by atoms with van der Waals surface area (Å²) in [4.78, 5) is 0. The molecule has 0 atom stereocenters. The predicted molar refractivity (Wildman–Crippen MR) is 36.2 cm³/mol. The number of hydrogen-bond acceptors (Lipinski definition) is 0. The first-order chi connectivity index (χ1) is 3.72. The summed E-state index contributed by atoms with van der Waals surface area (Å²) in [6, 6.07) is 0. The maximum atomic E-state index is 3.03. The van der Waals surface area contributed by atoms with E-state index in [1.807, 2.05) is 27.7 Å². The Bertz CT molecular complexity index is 105. The molecule has 48 valence electrons. The first-order valence-electron chi connectivity index (χ1n) is 2.75. The van der Waals surface area contributed by atoms with Crippen LogP contribution in [0.15, 0.2) is 11.1 Å². The van der Waals surface area contributed by atoms with E-state index in [9.17, 15) is 0 Å². The Morgan fingerprint density at radius 1 is 0.889 bits per heavy atom. The zero-order valence-electron chi connectivity index (χ0n) is 6.50. The van der Waals surface area contributed by atoms with Gasteiger partial charge in [-0.25, -0.2) is 0 Å². The summed E-state index contributed by atoms with van der Waals surface area (Å²) in [7, 11) is 0. The van der Waals surface area contributed by atoms with Crippen LogP contribution >= 0.6 is 0 Å². The minimum absolute atomic E-state index is 0. The van der Waals surface area contributed by atoms with E-state index in [4.69, 9.17) is 0 Å². The molecule has 0 saturated carbocycles. The van der Waals surface area contributed by atoms with Gasteiger partial charge in [0.2, 0.25) is 0 Å². The van der Waals surface area contributed by atoms with E-state index in [-0.39, 0.29) is 31.1 Å². The first-order valence-corrected chi connectivity index (χ1v) is 2.75. The summed E-state index contributed by atoms with van der Waals surface area (Å²) >= 11 is 0. The third-order valence-corrected chi connectivity index (χ3v) is 1.31. The Hall–Kier alpha value is 0.532. The van der Waals surface area contributed by atoms with E-state index in [1.54, 1.807) is 0 Å². The van der Waals surface area contributed by atoms with Crippen molar-refractivity contribution in [3.05, 3.63) is 23.3 Å². The summed E-state index contributed by atoms with van der Waals surface area (Å²) in [5, 5.41) is 0. The van der Waals surface area contributed by atoms with Gasteiger partial charge in [-0.05, 0) is 0 Å². The van der Waals surface area contributed by atoms with Crippen LogP contribution in [0.1, 0.15) is 27.7 Å². The Labute approximate surface area is 81.8 Å². The molecule has 0 aromatic rings. The van der Waals surface area contributed by atoms with Gasteiger partial charge >= 0.3 is 31.1 Å². The molecule has 0 amide bonds. The van der Waals surface area contributed by atoms with Crippen molar-refractivity contribution in [1.29, 1.82) is 0 Å². The Balaban J connectivity index is 0. The fourth-order valence-electron chi connectivity index (χ4n) is 0.375. The van der Waals surface area contributed by atoms with E-state index >= 15 is 0 Å². The van der Waals surface area contributed by atoms with Gasteiger partial charge in [-0.1, -0.05) is 0 Å². The molecule has 0 nitrogen and oxygen atoms in total. The van der Waals surface area contributed by atoms with Gasteiger partial charge in [0, 0.05) is 0 Å². The molecule has 0 aromatic heterocycles. The molecule has 0 aromatic carbocycles. The zero-order valence-corrected chi connectivity index (χ0v) is 10.7. The van der Waals surface area contributed by atoms with Gasteiger partial charge in [0.25, 0.3) is 0 Å². The van der Waals surface area contributed by atoms with Gasteiger partial charge in [-0.2, -0.15) is 0 Å². The number of allylic oxidation sites excluding steroid dienone is 4. The minimum atomic E-state index is 0. The summed E-state index contributed by atoms with van der Waals surface area (Å²) < 4.78 is 0. The summed E-state index contributed by atoms with van der Waals surface area (Å²) in [6.07, 6.45) is 6.07. The third kappa shape index (κ3) is 5.00. The van der Waals surface area contributed by atoms with Crippen molar-refractivity contribution in [2.24, 2.45) is 0 Å². The maximum Gasteiger partial charge on any atom is 2.00 e. The van der Waals surface area contributed by atoms with Crippen molar-refractivity contribution >= 4 is 0 Å².